The minimum absolute atomic E-state index is 0.171. The van der Waals surface area contributed by atoms with Gasteiger partial charge < -0.3 is 0 Å². The van der Waals surface area contributed by atoms with Crippen molar-refractivity contribution in [2.75, 3.05) is 0 Å². The van der Waals surface area contributed by atoms with Gasteiger partial charge in [-0.15, -0.1) is 18.2 Å². The fourth-order valence-corrected chi connectivity index (χ4v) is 4.73. The Bertz CT molecular complexity index is 512. The van der Waals surface area contributed by atoms with Crippen molar-refractivity contribution in [1.82, 2.24) is 0 Å². The smallest absolute Gasteiger partial charge is 0.0764 e. The van der Waals surface area contributed by atoms with Gasteiger partial charge in [0.05, 0.1) is 5.38 Å². The second-order valence-corrected chi connectivity index (χ2v) is 8.91. The van der Waals surface area contributed by atoms with Crippen molar-refractivity contribution in [2.24, 2.45) is 10.8 Å². The zero-order valence-electron chi connectivity index (χ0n) is 13.5. The Labute approximate surface area is 139 Å². The second-order valence-electron chi connectivity index (χ2n) is 8.03. The van der Waals surface area contributed by atoms with Crippen LogP contribution in [-0.4, -0.2) is 0 Å². The van der Waals surface area contributed by atoms with Crippen LogP contribution in [0.4, 0.5) is 0 Å². The van der Waals surface area contributed by atoms with Gasteiger partial charge in [0.15, 0.2) is 0 Å². The van der Waals surface area contributed by atoms with Crippen LogP contribution in [0.2, 0.25) is 5.02 Å². The minimum atomic E-state index is -0.171. The third-order valence-electron chi connectivity index (χ3n) is 4.54. The maximum absolute atomic E-state index is 6.56. The normalized spacial score (nSPS) is 22.8. The molecule has 0 heterocycles. The molecule has 1 aromatic rings. The fourth-order valence-electron chi connectivity index (χ4n) is 4.25. The van der Waals surface area contributed by atoms with Crippen LogP contribution in [0.1, 0.15) is 69.4 Å². The van der Waals surface area contributed by atoms with Gasteiger partial charge in [0.25, 0.3) is 0 Å². The molecule has 0 amide bonds. The lowest BCUT2D eigenvalue weighted by molar-refractivity contribution is 0.0969. The van der Waals surface area contributed by atoms with E-state index in [1.165, 1.54) is 24.8 Å². The summed E-state index contributed by atoms with van der Waals surface area (Å²) in [6.45, 7) is 13.2. The molecule has 21 heavy (non-hydrogen) atoms. The molecule has 1 unspecified atom stereocenters. The number of alkyl halides is 1. The first-order chi connectivity index (χ1) is 9.63. The maximum Gasteiger partial charge on any atom is 0.0764 e. The topological polar surface area (TPSA) is 0 Å². The highest BCUT2D eigenvalue weighted by atomic mass is 35.5. The van der Waals surface area contributed by atoms with Gasteiger partial charge in [-0.25, -0.2) is 0 Å². The molecule has 0 nitrogen and oxygen atoms in total. The summed E-state index contributed by atoms with van der Waals surface area (Å²) in [6, 6.07) is 6.26. The summed E-state index contributed by atoms with van der Waals surface area (Å²) in [5.74, 6) is 0.530. The summed E-state index contributed by atoms with van der Waals surface area (Å²) < 4.78 is 0. The molecule has 0 aliphatic heterocycles. The van der Waals surface area contributed by atoms with Gasteiger partial charge in [0.1, 0.15) is 0 Å². The average molecular weight is 325 g/mol. The molecule has 1 aliphatic carbocycles. The Morgan fingerprint density at radius 3 is 2.24 bits per heavy atom. The third-order valence-corrected chi connectivity index (χ3v) is 5.30. The molecule has 1 fully saturated rings. The predicted molar refractivity (Wildman–Crippen MR) is 94.4 cm³/mol. The van der Waals surface area contributed by atoms with E-state index in [1.54, 1.807) is 6.08 Å². The first-order valence-electron chi connectivity index (χ1n) is 7.69. The van der Waals surface area contributed by atoms with Crippen LogP contribution < -0.4 is 0 Å². The number of halogens is 2. The van der Waals surface area contributed by atoms with Crippen molar-refractivity contribution < 1.29 is 0 Å². The van der Waals surface area contributed by atoms with Crippen molar-refractivity contribution in [3.8, 4) is 0 Å². The number of hydrogen-bond acceptors (Lipinski definition) is 0. The van der Waals surface area contributed by atoms with Crippen molar-refractivity contribution in [1.29, 1.82) is 0 Å². The Morgan fingerprint density at radius 1 is 1.19 bits per heavy atom. The van der Waals surface area contributed by atoms with E-state index in [4.69, 9.17) is 23.2 Å². The van der Waals surface area contributed by atoms with Crippen molar-refractivity contribution in [3.05, 3.63) is 47.0 Å². The molecule has 1 aliphatic rings. The van der Waals surface area contributed by atoms with Crippen molar-refractivity contribution in [3.63, 3.8) is 0 Å². The molecule has 0 bridgehead atoms. The van der Waals surface area contributed by atoms with Gasteiger partial charge in [0, 0.05) is 5.02 Å². The first-order valence-corrected chi connectivity index (χ1v) is 8.51. The molecular formula is C19H26Cl2. The number of allylic oxidation sites excluding steroid dienone is 1. The molecule has 0 radical (unpaired) electrons. The Kier molecular flexibility index (Phi) is 4.81. The SMILES string of the molecule is C=CC(Cl)c1ccc(C2CC(C)(C)CC(C)(C)C2)c(Cl)c1. The summed E-state index contributed by atoms with van der Waals surface area (Å²) in [5, 5.41) is 0.675. The summed E-state index contributed by atoms with van der Waals surface area (Å²) >= 11 is 12.8. The van der Waals surface area contributed by atoms with E-state index in [0.717, 1.165) is 10.6 Å². The summed E-state index contributed by atoms with van der Waals surface area (Å²) in [4.78, 5) is 0. The molecule has 1 atom stereocenters. The molecular weight excluding hydrogens is 299 g/mol. The summed E-state index contributed by atoms with van der Waals surface area (Å²) in [7, 11) is 0. The summed E-state index contributed by atoms with van der Waals surface area (Å²) in [5.41, 5.74) is 3.03. The van der Waals surface area contributed by atoms with Gasteiger partial charge in [-0.2, -0.15) is 0 Å². The fraction of sp³-hybridized carbons (Fsp3) is 0.579. The Hall–Kier alpha value is -0.460. The summed E-state index contributed by atoms with van der Waals surface area (Å²) in [6.07, 6.45) is 5.40. The van der Waals surface area contributed by atoms with E-state index < -0.39 is 0 Å². The first kappa shape index (κ1) is 16.9. The minimum Gasteiger partial charge on any atom is -0.113 e. The Morgan fingerprint density at radius 2 is 1.76 bits per heavy atom. The third kappa shape index (κ3) is 4.05. The highest BCUT2D eigenvalue weighted by molar-refractivity contribution is 6.31. The van der Waals surface area contributed by atoms with Crippen LogP contribution >= 0.6 is 23.2 Å². The van der Waals surface area contributed by atoms with Crippen LogP contribution in [0.5, 0.6) is 0 Å². The van der Waals surface area contributed by atoms with Crippen LogP contribution in [0.3, 0.4) is 0 Å². The Balaban J connectivity index is 2.31. The quantitative estimate of drug-likeness (QED) is 0.410. The number of benzene rings is 1. The van der Waals surface area contributed by atoms with E-state index in [-0.39, 0.29) is 5.38 Å². The van der Waals surface area contributed by atoms with E-state index >= 15 is 0 Å². The van der Waals surface area contributed by atoms with Gasteiger partial charge in [-0.05, 0) is 53.2 Å². The van der Waals surface area contributed by atoms with Gasteiger partial charge in [0.2, 0.25) is 0 Å². The van der Waals surface area contributed by atoms with Crippen LogP contribution in [0.15, 0.2) is 30.9 Å². The van der Waals surface area contributed by atoms with Gasteiger partial charge in [-0.1, -0.05) is 57.5 Å². The molecule has 0 N–H and O–H groups in total. The molecule has 2 rings (SSSR count). The van der Waals surface area contributed by atoms with Gasteiger partial charge in [-0.3, -0.25) is 0 Å². The lowest BCUT2D eigenvalue weighted by Crippen LogP contribution is -2.33. The van der Waals surface area contributed by atoms with Crippen molar-refractivity contribution in [2.45, 2.75) is 58.3 Å². The van der Waals surface area contributed by atoms with E-state index in [9.17, 15) is 0 Å². The molecule has 2 heteroatoms. The van der Waals surface area contributed by atoms with Crippen molar-refractivity contribution >= 4 is 23.2 Å². The number of hydrogen-bond donors (Lipinski definition) is 0. The monoisotopic (exact) mass is 324 g/mol. The van der Waals surface area contributed by atoms with E-state index in [1.807, 2.05) is 6.07 Å². The van der Waals surface area contributed by atoms with Crippen LogP contribution in [0.25, 0.3) is 0 Å². The lowest BCUT2D eigenvalue weighted by atomic mass is 9.60. The maximum atomic E-state index is 6.56. The van der Waals surface area contributed by atoms with Gasteiger partial charge >= 0.3 is 0 Å². The van der Waals surface area contributed by atoms with E-state index in [2.05, 4.69) is 46.4 Å². The molecule has 0 saturated heterocycles. The van der Waals surface area contributed by atoms with E-state index in [0.29, 0.717) is 16.7 Å². The van der Waals surface area contributed by atoms with Crippen LogP contribution in [-0.2, 0) is 0 Å². The average Bonchev–Trinajstić information content (AvgIpc) is 2.33. The molecule has 1 aromatic carbocycles. The molecule has 116 valence electrons. The standard InChI is InChI=1S/C19H26Cl2/c1-6-16(20)13-7-8-15(17(21)9-13)14-10-18(2,3)12-19(4,5)11-14/h6-9,14,16H,1,10-12H2,2-5H3. The van der Waals surface area contributed by atoms with Crippen LogP contribution in [0, 0.1) is 10.8 Å². The zero-order valence-corrected chi connectivity index (χ0v) is 15.1. The highest BCUT2D eigenvalue weighted by Gasteiger charge is 2.39. The lowest BCUT2D eigenvalue weighted by Gasteiger charge is -2.45. The molecule has 0 aromatic heterocycles. The molecule has 1 saturated carbocycles. The number of rotatable bonds is 3. The molecule has 0 spiro atoms. The second kappa shape index (κ2) is 5.97. The largest absolute Gasteiger partial charge is 0.113 e. The zero-order chi connectivity index (χ0) is 15.8. The highest BCUT2D eigenvalue weighted by Crippen LogP contribution is 2.52. The predicted octanol–water partition coefficient (Wildman–Crippen LogP) is 7.13.